The molecule has 2 N–H and O–H groups in total. The lowest BCUT2D eigenvalue weighted by molar-refractivity contribution is 0.660. The van der Waals surface area contributed by atoms with Gasteiger partial charge >= 0.3 is 5.69 Å². The molecule has 0 bridgehead atoms. The topological polar surface area (TPSA) is 65.3 Å². The molecule has 0 aliphatic heterocycles. The van der Waals surface area contributed by atoms with Crippen LogP contribution in [0.25, 0.3) is 5.65 Å². The van der Waals surface area contributed by atoms with Gasteiger partial charge in [-0.2, -0.15) is 0 Å². The van der Waals surface area contributed by atoms with Crippen LogP contribution in [0.2, 0.25) is 5.02 Å². The van der Waals surface area contributed by atoms with Crippen LogP contribution in [0.15, 0.2) is 47.4 Å². The van der Waals surface area contributed by atoms with Crippen molar-refractivity contribution in [3.8, 4) is 0 Å². The summed E-state index contributed by atoms with van der Waals surface area (Å²) in [6.45, 7) is 0.256. The molecule has 0 aliphatic carbocycles. The summed E-state index contributed by atoms with van der Waals surface area (Å²) in [5.74, 6) is 0. The fourth-order valence-electron chi connectivity index (χ4n) is 1.96. The Bertz CT molecular complexity index is 786. The highest BCUT2D eigenvalue weighted by Crippen LogP contribution is 2.22. The second kappa shape index (κ2) is 4.44. The summed E-state index contributed by atoms with van der Waals surface area (Å²) in [5.41, 5.74) is 7.52. The lowest BCUT2D eigenvalue weighted by Gasteiger charge is -2.06. The molecule has 0 aliphatic rings. The van der Waals surface area contributed by atoms with Crippen molar-refractivity contribution in [1.29, 1.82) is 0 Å². The fourth-order valence-corrected chi connectivity index (χ4v) is 2.20. The summed E-state index contributed by atoms with van der Waals surface area (Å²) >= 11 is 6.10. The summed E-state index contributed by atoms with van der Waals surface area (Å²) in [6.07, 6.45) is 1.68. The normalized spacial score (nSPS) is 11.0. The van der Waals surface area contributed by atoms with Crippen molar-refractivity contribution in [2.45, 2.75) is 6.54 Å². The van der Waals surface area contributed by atoms with Gasteiger partial charge in [0.25, 0.3) is 0 Å². The molecular formula is C13H11ClN4O. The first-order valence-corrected chi connectivity index (χ1v) is 6.11. The van der Waals surface area contributed by atoms with Crippen molar-refractivity contribution in [3.63, 3.8) is 0 Å². The van der Waals surface area contributed by atoms with Crippen LogP contribution >= 0.6 is 11.6 Å². The van der Waals surface area contributed by atoms with Gasteiger partial charge in [0, 0.05) is 22.5 Å². The van der Waals surface area contributed by atoms with E-state index in [1.807, 2.05) is 6.07 Å². The SMILES string of the molecule is Nc1cccc(Cl)c1Cn1nc2ccccn2c1=O. The monoisotopic (exact) mass is 274 g/mol. The molecule has 1 aromatic carbocycles. The number of halogens is 1. The zero-order valence-electron chi connectivity index (χ0n) is 9.95. The Morgan fingerprint density at radius 1 is 1.21 bits per heavy atom. The van der Waals surface area contributed by atoms with Crippen LogP contribution < -0.4 is 11.4 Å². The van der Waals surface area contributed by atoms with E-state index in [2.05, 4.69) is 5.10 Å². The molecule has 5 nitrogen and oxygen atoms in total. The van der Waals surface area contributed by atoms with Crippen LogP contribution in [0.5, 0.6) is 0 Å². The van der Waals surface area contributed by atoms with E-state index in [0.717, 1.165) is 0 Å². The van der Waals surface area contributed by atoms with E-state index in [0.29, 0.717) is 21.9 Å². The quantitative estimate of drug-likeness (QED) is 0.725. The van der Waals surface area contributed by atoms with Gasteiger partial charge in [-0.15, -0.1) is 5.10 Å². The molecule has 0 radical (unpaired) electrons. The highest BCUT2D eigenvalue weighted by atomic mass is 35.5. The van der Waals surface area contributed by atoms with E-state index >= 15 is 0 Å². The third-order valence-corrected chi connectivity index (χ3v) is 3.31. The van der Waals surface area contributed by atoms with E-state index in [1.54, 1.807) is 36.5 Å². The number of benzene rings is 1. The molecule has 0 amide bonds. The van der Waals surface area contributed by atoms with Crippen molar-refractivity contribution < 1.29 is 0 Å². The molecule has 0 unspecified atom stereocenters. The first-order chi connectivity index (χ1) is 9.16. The first kappa shape index (κ1) is 11.8. The number of hydrogen-bond acceptors (Lipinski definition) is 3. The maximum atomic E-state index is 12.1. The summed E-state index contributed by atoms with van der Waals surface area (Å²) < 4.78 is 2.83. The molecule has 2 aromatic heterocycles. The highest BCUT2D eigenvalue weighted by Gasteiger charge is 2.10. The maximum Gasteiger partial charge on any atom is 0.350 e. The molecule has 3 aromatic rings. The molecule has 3 rings (SSSR count). The van der Waals surface area contributed by atoms with Crippen LogP contribution in [-0.4, -0.2) is 14.2 Å². The summed E-state index contributed by atoms with van der Waals surface area (Å²) in [6, 6.07) is 10.7. The smallest absolute Gasteiger partial charge is 0.350 e. The van der Waals surface area contributed by atoms with Gasteiger partial charge in [0.1, 0.15) is 0 Å². The fraction of sp³-hybridized carbons (Fsp3) is 0.0769. The minimum Gasteiger partial charge on any atom is -0.398 e. The molecule has 19 heavy (non-hydrogen) atoms. The van der Waals surface area contributed by atoms with Crippen LogP contribution in [0.1, 0.15) is 5.56 Å². The number of nitrogens with two attached hydrogens (primary N) is 1. The van der Waals surface area contributed by atoms with E-state index in [4.69, 9.17) is 17.3 Å². The minimum absolute atomic E-state index is 0.213. The first-order valence-electron chi connectivity index (χ1n) is 5.74. The van der Waals surface area contributed by atoms with E-state index < -0.39 is 0 Å². The third kappa shape index (κ3) is 1.98. The number of nitrogens with zero attached hydrogens (tertiary/aromatic N) is 3. The van der Waals surface area contributed by atoms with E-state index in [-0.39, 0.29) is 12.2 Å². The van der Waals surface area contributed by atoms with Crippen molar-refractivity contribution in [2.75, 3.05) is 5.73 Å². The van der Waals surface area contributed by atoms with Gasteiger partial charge in [0.2, 0.25) is 0 Å². The van der Waals surface area contributed by atoms with Gasteiger partial charge in [-0.3, -0.25) is 4.40 Å². The van der Waals surface area contributed by atoms with Crippen molar-refractivity contribution in [1.82, 2.24) is 14.2 Å². The number of aromatic nitrogens is 3. The molecule has 0 saturated carbocycles. The van der Waals surface area contributed by atoms with E-state index in [9.17, 15) is 4.79 Å². The third-order valence-electron chi connectivity index (χ3n) is 2.95. The number of anilines is 1. The van der Waals surface area contributed by atoms with Gasteiger partial charge < -0.3 is 5.73 Å². The molecule has 6 heteroatoms. The molecule has 96 valence electrons. The number of fused-ring (bicyclic) bond motifs is 1. The van der Waals surface area contributed by atoms with Crippen LogP contribution in [0.3, 0.4) is 0 Å². The Morgan fingerprint density at radius 2 is 2.05 bits per heavy atom. The van der Waals surface area contributed by atoms with Crippen molar-refractivity contribution in [3.05, 3.63) is 63.7 Å². The molecule has 0 fully saturated rings. The number of nitrogen functional groups attached to an aromatic ring is 1. The van der Waals surface area contributed by atoms with Crippen molar-refractivity contribution >= 4 is 22.9 Å². The average molecular weight is 275 g/mol. The second-order valence-electron chi connectivity index (χ2n) is 4.18. The molecule has 2 heterocycles. The Kier molecular flexibility index (Phi) is 2.76. The van der Waals surface area contributed by atoms with Crippen molar-refractivity contribution in [2.24, 2.45) is 0 Å². The van der Waals surface area contributed by atoms with E-state index in [1.165, 1.54) is 9.08 Å². The Morgan fingerprint density at radius 3 is 2.79 bits per heavy atom. The van der Waals surface area contributed by atoms with Gasteiger partial charge in [-0.05, 0) is 24.3 Å². The number of rotatable bonds is 2. The summed E-state index contributed by atoms with van der Waals surface area (Å²) in [7, 11) is 0. The molecule has 0 spiro atoms. The average Bonchev–Trinajstić information content (AvgIpc) is 2.72. The predicted molar refractivity (Wildman–Crippen MR) is 74.4 cm³/mol. The summed E-state index contributed by atoms with van der Waals surface area (Å²) in [5, 5.41) is 4.77. The van der Waals surface area contributed by atoms with Gasteiger partial charge in [-0.1, -0.05) is 23.7 Å². The molecular weight excluding hydrogens is 264 g/mol. The Hall–Kier alpha value is -2.27. The summed E-state index contributed by atoms with van der Waals surface area (Å²) in [4.78, 5) is 12.1. The zero-order chi connectivity index (χ0) is 13.4. The number of hydrogen-bond donors (Lipinski definition) is 1. The lowest BCUT2D eigenvalue weighted by atomic mass is 10.2. The largest absolute Gasteiger partial charge is 0.398 e. The maximum absolute atomic E-state index is 12.1. The van der Waals surface area contributed by atoms with Gasteiger partial charge in [0.15, 0.2) is 5.65 Å². The predicted octanol–water partition coefficient (Wildman–Crippen LogP) is 1.78. The Balaban J connectivity index is 2.11. The number of pyridine rings is 1. The lowest BCUT2D eigenvalue weighted by Crippen LogP contribution is -2.22. The van der Waals surface area contributed by atoms with Gasteiger partial charge in [0.05, 0.1) is 6.54 Å². The zero-order valence-corrected chi connectivity index (χ0v) is 10.7. The van der Waals surface area contributed by atoms with Gasteiger partial charge in [-0.25, -0.2) is 9.48 Å². The minimum atomic E-state index is -0.213. The highest BCUT2D eigenvalue weighted by molar-refractivity contribution is 6.31. The van der Waals surface area contributed by atoms with Crippen LogP contribution in [0.4, 0.5) is 5.69 Å². The molecule has 0 saturated heterocycles. The Labute approximate surface area is 113 Å². The standard InChI is InChI=1S/C13H11ClN4O/c14-10-4-3-5-11(15)9(10)8-18-13(19)17-7-2-1-6-12(17)16-18/h1-7H,8,15H2. The molecule has 0 atom stereocenters. The second-order valence-corrected chi connectivity index (χ2v) is 4.58. The van der Waals surface area contributed by atoms with Crippen LogP contribution in [0, 0.1) is 0 Å². The van der Waals surface area contributed by atoms with Crippen LogP contribution in [-0.2, 0) is 6.54 Å².